The fourth-order valence-corrected chi connectivity index (χ4v) is 6.36. The first-order valence-electron chi connectivity index (χ1n) is 11.2. The van der Waals surface area contributed by atoms with E-state index in [0.29, 0.717) is 0 Å². The van der Waals surface area contributed by atoms with Gasteiger partial charge in [0.2, 0.25) is 0 Å². The number of rotatable bonds is 4. The number of hydrogen-bond acceptors (Lipinski definition) is 1. The van der Waals surface area contributed by atoms with Gasteiger partial charge in [-0.2, -0.15) is 0 Å². The van der Waals surface area contributed by atoms with Crippen LogP contribution < -0.4 is 10.6 Å². The van der Waals surface area contributed by atoms with E-state index in [0.717, 1.165) is 34.7 Å². The Morgan fingerprint density at radius 2 is 0.969 bits per heavy atom. The molecule has 0 amide bonds. The van der Waals surface area contributed by atoms with Crippen LogP contribution in [0.5, 0.6) is 0 Å². The quantitative estimate of drug-likeness (QED) is 0.282. The van der Waals surface area contributed by atoms with Crippen molar-refractivity contribution in [3.63, 3.8) is 0 Å². The van der Waals surface area contributed by atoms with Crippen molar-refractivity contribution >= 4 is 62.0 Å². The lowest BCUT2D eigenvalue weighted by molar-refractivity contribution is 0.598. The van der Waals surface area contributed by atoms with Gasteiger partial charge in [0.25, 0.3) is 0 Å². The molecule has 2 aromatic heterocycles. The summed E-state index contributed by atoms with van der Waals surface area (Å²) >= 11 is 0. The Morgan fingerprint density at radius 1 is 0.562 bits per heavy atom. The van der Waals surface area contributed by atoms with E-state index in [9.17, 15) is 4.57 Å². The molecule has 0 aliphatic heterocycles. The molecule has 4 heteroatoms. The summed E-state index contributed by atoms with van der Waals surface area (Å²) in [6, 6.07) is 29.6. The summed E-state index contributed by atoms with van der Waals surface area (Å²) in [6.45, 7) is 6.09. The molecule has 0 aliphatic carbocycles. The van der Waals surface area contributed by atoms with Gasteiger partial charge >= 0.3 is 0 Å². The van der Waals surface area contributed by atoms with E-state index in [1.165, 1.54) is 32.6 Å². The molecule has 6 aromatic rings. The molecule has 0 aliphatic rings. The summed E-state index contributed by atoms with van der Waals surface area (Å²) in [6.07, 6.45) is 0. The Hall–Kier alpha value is -3.42. The fourth-order valence-electron chi connectivity index (χ4n) is 5.16. The van der Waals surface area contributed by atoms with Crippen LogP contribution in [0, 0.1) is 0 Å². The largest absolute Gasteiger partial charge is 0.341 e. The Labute approximate surface area is 187 Å². The summed E-state index contributed by atoms with van der Waals surface area (Å²) in [7, 11) is -1.69. The van der Waals surface area contributed by atoms with Crippen molar-refractivity contribution in [1.29, 1.82) is 0 Å². The second-order valence-electron chi connectivity index (χ2n) is 8.22. The first kappa shape index (κ1) is 19.3. The fraction of sp³-hybridized carbons (Fsp3) is 0.143. The molecule has 0 unspecified atom stereocenters. The second-order valence-corrected chi connectivity index (χ2v) is 9.84. The average Bonchev–Trinajstić information content (AvgIpc) is 3.34. The lowest BCUT2D eigenvalue weighted by atomic mass is 10.1. The van der Waals surface area contributed by atoms with Crippen molar-refractivity contribution in [3.8, 4) is 0 Å². The molecule has 0 spiro atoms. The standard InChI is InChI=1S/C28H24N2OP/c1-3-29-25-11-7-5-9-21(25)23-15-13-19(17-27(23)29)32(31)20-14-16-24-22-10-6-8-12-26(22)30(4-2)28(24)18-20/h5-18H,3-4H2,1-2H3. The predicted molar refractivity (Wildman–Crippen MR) is 137 cm³/mol. The third-order valence-corrected chi connectivity index (χ3v) is 8.11. The zero-order chi connectivity index (χ0) is 21.8. The molecule has 0 bridgehead atoms. The van der Waals surface area contributed by atoms with Gasteiger partial charge in [-0.1, -0.05) is 48.5 Å². The minimum absolute atomic E-state index is 0.878. The van der Waals surface area contributed by atoms with Crippen LogP contribution in [0.25, 0.3) is 43.6 Å². The van der Waals surface area contributed by atoms with Crippen molar-refractivity contribution in [2.24, 2.45) is 0 Å². The summed E-state index contributed by atoms with van der Waals surface area (Å²) in [5, 5.41) is 6.69. The Bertz CT molecular complexity index is 1550. The molecule has 0 N–H and O–H groups in total. The van der Waals surface area contributed by atoms with Gasteiger partial charge in [0.15, 0.2) is 0 Å². The maximum absolute atomic E-state index is 13.7. The van der Waals surface area contributed by atoms with Gasteiger partial charge in [-0.25, -0.2) is 0 Å². The number of nitrogens with zero attached hydrogens (tertiary/aromatic N) is 2. The smallest absolute Gasteiger partial charge is 0.136 e. The molecule has 32 heavy (non-hydrogen) atoms. The van der Waals surface area contributed by atoms with Crippen LogP contribution in [-0.4, -0.2) is 9.13 Å². The van der Waals surface area contributed by atoms with Gasteiger partial charge in [-0.05, 0) is 50.2 Å². The Kier molecular flexibility index (Phi) is 4.41. The number of para-hydroxylation sites is 2. The van der Waals surface area contributed by atoms with Crippen molar-refractivity contribution in [2.45, 2.75) is 26.9 Å². The second kappa shape index (κ2) is 7.32. The van der Waals surface area contributed by atoms with Crippen LogP contribution in [-0.2, 0) is 17.7 Å². The van der Waals surface area contributed by atoms with Gasteiger partial charge in [0.05, 0.1) is 11.0 Å². The van der Waals surface area contributed by atoms with Gasteiger partial charge in [-0.3, -0.25) is 4.57 Å². The number of fused-ring (bicyclic) bond motifs is 6. The van der Waals surface area contributed by atoms with E-state index in [2.05, 4.69) is 95.8 Å². The predicted octanol–water partition coefficient (Wildman–Crippen LogP) is 6.72. The molecular formula is C28H24N2OP. The molecule has 0 saturated heterocycles. The number of aromatic nitrogens is 2. The SMILES string of the molecule is CCn1c2ccccc2c2ccc([P](=O)c3ccc4c5ccccc5n(CC)c4c3)cc21. The lowest BCUT2D eigenvalue weighted by Gasteiger charge is -2.07. The van der Waals surface area contributed by atoms with Crippen LogP contribution in [0.4, 0.5) is 0 Å². The minimum Gasteiger partial charge on any atom is -0.341 e. The van der Waals surface area contributed by atoms with E-state index in [1.807, 2.05) is 12.1 Å². The normalized spacial score (nSPS) is 11.8. The van der Waals surface area contributed by atoms with E-state index < -0.39 is 7.80 Å². The van der Waals surface area contributed by atoms with E-state index in [4.69, 9.17) is 0 Å². The van der Waals surface area contributed by atoms with Crippen LogP contribution in [0.2, 0.25) is 0 Å². The molecule has 1 radical (unpaired) electrons. The first-order valence-corrected chi connectivity index (χ1v) is 12.5. The zero-order valence-corrected chi connectivity index (χ0v) is 19.1. The van der Waals surface area contributed by atoms with Crippen molar-refractivity contribution in [2.75, 3.05) is 0 Å². The van der Waals surface area contributed by atoms with Gasteiger partial charge in [0, 0.05) is 56.3 Å². The highest BCUT2D eigenvalue weighted by molar-refractivity contribution is 7.61. The average molecular weight is 435 g/mol. The summed E-state index contributed by atoms with van der Waals surface area (Å²) < 4.78 is 18.3. The molecule has 6 rings (SSSR count). The topological polar surface area (TPSA) is 26.9 Å². The molecular weight excluding hydrogens is 411 g/mol. The molecule has 157 valence electrons. The minimum atomic E-state index is -1.69. The maximum atomic E-state index is 13.7. The highest BCUT2D eigenvalue weighted by Crippen LogP contribution is 2.33. The summed E-state index contributed by atoms with van der Waals surface area (Å²) in [5.74, 6) is 0. The molecule has 3 nitrogen and oxygen atoms in total. The molecule has 2 heterocycles. The number of aryl methyl sites for hydroxylation is 2. The molecule has 4 aromatic carbocycles. The summed E-state index contributed by atoms with van der Waals surface area (Å²) in [4.78, 5) is 0. The third kappa shape index (κ3) is 2.68. The Balaban J connectivity index is 1.52. The molecule has 0 atom stereocenters. The van der Waals surface area contributed by atoms with Crippen molar-refractivity contribution in [1.82, 2.24) is 9.13 Å². The third-order valence-electron chi connectivity index (χ3n) is 6.62. The van der Waals surface area contributed by atoms with Crippen LogP contribution in [0.3, 0.4) is 0 Å². The van der Waals surface area contributed by atoms with Gasteiger partial charge < -0.3 is 9.13 Å². The first-order chi connectivity index (χ1) is 15.7. The number of hydrogen-bond donors (Lipinski definition) is 0. The van der Waals surface area contributed by atoms with E-state index >= 15 is 0 Å². The van der Waals surface area contributed by atoms with Crippen molar-refractivity contribution < 1.29 is 4.57 Å². The van der Waals surface area contributed by atoms with E-state index in [-0.39, 0.29) is 0 Å². The van der Waals surface area contributed by atoms with Crippen LogP contribution >= 0.6 is 7.80 Å². The molecule has 0 saturated carbocycles. The van der Waals surface area contributed by atoms with Crippen LogP contribution in [0.1, 0.15) is 13.8 Å². The number of benzene rings is 4. The summed E-state index contributed by atoms with van der Waals surface area (Å²) in [5.41, 5.74) is 4.76. The monoisotopic (exact) mass is 435 g/mol. The molecule has 0 fully saturated rings. The zero-order valence-electron chi connectivity index (χ0n) is 18.2. The van der Waals surface area contributed by atoms with Gasteiger partial charge in [-0.15, -0.1) is 0 Å². The highest BCUT2D eigenvalue weighted by atomic mass is 31.1. The maximum Gasteiger partial charge on any atom is 0.136 e. The van der Waals surface area contributed by atoms with Crippen molar-refractivity contribution in [3.05, 3.63) is 84.9 Å². The van der Waals surface area contributed by atoms with Crippen LogP contribution in [0.15, 0.2) is 84.9 Å². The van der Waals surface area contributed by atoms with Gasteiger partial charge in [0.1, 0.15) is 7.80 Å². The van der Waals surface area contributed by atoms with E-state index in [1.54, 1.807) is 0 Å². The lowest BCUT2D eigenvalue weighted by Crippen LogP contribution is -2.08. The Morgan fingerprint density at radius 3 is 1.41 bits per heavy atom. The highest BCUT2D eigenvalue weighted by Gasteiger charge is 2.16.